The van der Waals surface area contributed by atoms with E-state index in [1.54, 1.807) is 0 Å². The molecule has 0 N–H and O–H groups in total. The number of unbranched alkanes of at least 4 members (excludes halogenated alkanes) is 3. The molecule has 0 aromatic carbocycles. The summed E-state index contributed by atoms with van der Waals surface area (Å²) >= 11 is 0. The Balaban J connectivity index is 2.36. The Labute approximate surface area is 169 Å². The molecule has 1 aliphatic heterocycles. The van der Waals surface area contributed by atoms with E-state index in [2.05, 4.69) is 18.4 Å². The Bertz CT molecular complexity index is 353. The summed E-state index contributed by atoms with van der Waals surface area (Å²) in [6, 6.07) is 2.03. The van der Waals surface area contributed by atoms with Gasteiger partial charge in [0.1, 0.15) is 0 Å². The fraction of sp³-hybridized carbons (Fsp3) is 1.00. The van der Waals surface area contributed by atoms with Crippen molar-refractivity contribution in [1.82, 2.24) is 4.57 Å². The van der Waals surface area contributed by atoms with Crippen LogP contribution in [-0.4, -0.2) is 68.2 Å². The van der Waals surface area contributed by atoms with Gasteiger partial charge in [-0.05, 0) is 67.0 Å². The van der Waals surface area contributed by atoms with Gasteiger partial charge in [-0.2, -0.15) is 0 Å². The minimum atomic E-state index is -2.47. The Morgan fingerprint density at radius 3 is 1.81 bits per heavy atom. The molecule has 0 spiro atoms. The quantitative estimate of drug-likeness (QED) is 0.258. The lowest BCUT2D eigenvalue weighted by atomic mass is 10.2. The van der Waals surface area contributed by atoms with Crippen molar-refractivity contribution in [3.63, 3.8) is 0 Å². The maximum Gasteiger partial charge on any atom is 0.500 e. The van der Waals surface area contributed by atoms with Crippen LogP contribution in [0.1, 0.15) is 66.7 Å². The highest BCUT2D eigenvalue weighted by molar-refractivity contribution is 6.65. The summed E-state index contributed by atoms with van der Waals surface area (Å²) in [5, 5.41) is 0. The molecule has 0 aromatic heterocycles. The standard InChI is InChI=1S/C19H43NO5Si2/c1-6-21-26(22-7-2)18-15-17-20(26)16-13-11-12-14-19-27(23-8-3,24-9-4)25-10-5/h6-19H2,1-5H3. The second-order valence-corrected chi connectivity index (χ2v) is 12.7. The van der Waals surface area contributed by atoms with Crippen molar-refractivity contribution < 1.29 is 22.1 Å². The molecule has 0 saturated carbocycles. The molecule has 1 fully saturated rings. The first-order valence-electron chi connectivity index (χ1n) is 11.1. The summed E-state index contributed by atoms with van der Waals surface area (Å²) in [6.45, 7) is 15.9. The van der Waals surface area contributed by atoms with Crippen LogP contribution in [0, 0.1) is 0 Å². The van der Waals surface area contributed by atoms with E-state index >= 15 is 0 Å². The van der Waals surface area contributed by atoms with Crippen LogP contribution in [0.2, 0.25) is 12.1 Å². The van der Waals surface area contributed by atoms with Crippen LogP contribution < -0.4 is 0 Å². The summed E-state index contributed by atoms with van der Waals surface area (Å²) in [4.78, 5) is 0. The highest BCUT2D eigenvalue weighted by Crippen LogP contribution is 2.29. The summed E-state index contributed by atoms with van der Waals surface area (Å²) in [5.74, 6) is 0. The highest BCUT2D eigenvalue weighted by atomic mass is 28.4. The molecular formula is C19H43NO5Si2. The van der Waals surface area contributed by atoms with E-state index in [0.717, 1.165) is 44.8 Å². The van der Waals surface area contributed by atoms with Crippen LogP contribution in [0.15, 0.2) is 0 Å². The van der Waals surface area contributed by atoms with Gasteiger partial charge in [0.15, 0.2) is 0 Å². The van der Waals surface area contributed by atoms with Gasteiger partial charge in [0.05, 0.1) is 0 Å². The lowest BCUT2D eigenvalue weighted by molar-refractivity contribution is 0.0706. The normalized spacial score (nSPS) is 17.7. The van der Waals surface area contributed by atoms with Gasteiger partial charge in [-0.25, -0.2) is 0 Å². The minimum absolute atomic E-state index is 0.656. The van der Waals surface area contributed by atoms with Crippen LogP contribution in [0.5, 0.6) is 0 Å². The molecule has 0 unspecified atom stereocenters. The molecule has 0 bridgehead atoms. The van der Waals surface area contributed by atoms with Crippen molar-refractivity contribution >= 4 is 17.5 Å². The van der Waals surface area contributed by atoms with E-state index < -0.39 is 17.5 Å². The van der Waals surface area contributed by atoms with Crippen molar-refractivity contribution in [3.8, 4) is 0 Å². The van der Waals surface area contributed by atoms with Gasteiger partial charge < -0.3 is 22.1 Å². The van der Waals surface area contributed by atoms with E-state index in [1.165, 1.54) is 25.7 Å². The topological polar surface area (TPSA) is 49.4 Å². The predicted molar refractivity (Wildman–Crippen MR) is 114 cm³/mol. The Morgan fingerprint density at radius 2 is 1.30 bits per heavy atom. The molecule has 0 aromatic rings. The summed E-state index contributed by atoms with van der Waals surface area (Å²) in [6.07, 6.45) is 5.91. The van der Waals surface area contributed by atoms with E-state index in [1.807, 2.05) is 20.8 Å². The van der Waals surface area contributed by atoms with Crippen LogP contribution in [0.4, 0.5) is 0 Å². The second kappa shape index (κ2) is 14.2. The van der Waals surface area contributed by atoms with Gasteiger partial charge >= 0.3 is 17.5 Å². The van der Waals surface area contributed by atoms with Crippen molar-refractivity contribution in [2.75, 3.05) is 46.1 Å². The molecule has 1 heterocycles. The number of rotatable bonds is 17. The molecule has 1 aliphatic rings. The molecule has 0 atom stereocenters. The molecule has 0 aliphatic carbocycles. The zero-order valence-corrected chi connectivity index (χ0v) is 20.4. The first-order valence-corrected chi connectivity index (χ1v) is 15.0. The molecule has 27 heavy (non-hydrogen) atoms. The van der Waals surface area contributed by atoms with Gasteiger partial charge in [0.2, 0.25) is 0 Å². The molecule has 6 nitrogen and oxygen atoms in total. The second-order valence-electron chi connectivity index (χ2n) is 6.82. The van der Waals surface area contributed by atoms with Gasteiger partial charge in [0.25, 0.3) is 0 Å². The highest BCUT2D eigenvalue weighted by Gasteiger charge is 2.48. The van der Waals surface area contributed by atoms with Crippen molar-refractivity contribution in [1.29, 1.82) is 0 Å². The average Bonchev–Trinajstić information content (AvgIpc) is 3.02. The average molecular weight is 422 g/mol. The summed E-state index contributed by atoms with van der Waals surface area (Å²) in [7, 11) is -4.58. The molecule has 1 rings (SSSR count). The van der Waals surface area contributed by atoms with Crippen LogP contribution >= 0.6 is 0 Å². The van der Waals surface area contributed by atoms with E-state index in [0.29, 0.717) is 19.8 Å². The molecule has 162 valence electrons. The number of nitrogens with zero attached hydrogens (tertiary/aromatic N) is 1. The van der Waals surface area contributed by atoms with Crippen molar-refractivity contribution in [2.45, 2.75) is 78.8 Å². The third kappa shape index (κ3) is 8.22. The lowest BCUT2D eigenvalue weighted by Crippen LogP contribution is -2.54. The molecule has 0 radical (unpaired) electrons. The van der Waals surface area contributed by atoms with Crippen molar-refractivity contribution in [2.24, 2.45) is 0 Å². The van der Waals surface area contributed by atoms with E-state index in [4.69, 9.17) is 22.1 Å². The maximum atomic E-state index is 6.15. The predicted octanol–water partition coefficient (Wildman–Crippen LogP) is 4.31. The van der Waals surface area contributed by atoms with Crippen LogP contribution in [0.25, 0.3) is 0 Å². The summed E-state index contributed by atoms with van der Waals surface area (Å²) < 4.78 is 32.6. The number of hydrogen-bond donors (Lipinski definition) is 0. The minimum Gasteiger partial charge on any atom is -0.383 e. The monoisotopic (exact) mass is 421 g/mol. The fourth-order valence-corrected chi connectivity index (χ4v) is 10.2. The molecule has 1 saturated heterocycles. The Kier molecular flexibility index (Phi) is 13.3. The fourth-order valence-electron chi connectivity index (χ4n) is 3.92. The Hall–Kier alpha value is 0.194. The van der Waals surface area contributed by atoms with Crippen LogP contribution in [0.3, 0.4) is 0 Å². The zero-order valence-electron chi connectivity index (χ0n) is 18.4. The van der Waals surface area contributed by atoms with Crippen LogP contribution in [-0.2, 0) is 22.1 Å². The molecule has 0 amide bonds. The smallest absolute Gasteiger partial charge is 0.383 e. The van der Waals surface area contributed by atoms with Gasteiger partial charge in [-0.3, -0.25) is 4.57 Å². The zero-order chi connectivity index (χ0) is 20.0. The van der Waals surface area contributed by atoms with Gasteiger partial charge in [0, 0.05) is 45.1 Å². The first-order chi connectivity index (χ1) is 13.1. The third-order valence-corrected chi connectivity index (χ3v) is 11.9. The SMILES string of the molecule is CCO[Si](CCCCCCN1CCC[Si]1(OCC)OCC)(OCC)OCC. The lowest BCUT2D eigenvalue weighted by Gasteiger charge is -2.34. The Morgan fingerprint density at radius 1 is 0.741 bits per heavy atom. The third-order valence-electron chi connectivity index (χ3n) is 4.90. The summed E-state index contributed by atoms with van der Waals surface area (Å²) in [5.41, 5.74) is 0. The van der Waals surface area contributed by atoms with Gasteiger partial charge in [-0.1, -0.05) is 12.8 Å². The molecule has 8 heteroatoms. The largest absolute Gasteiger partial charge is 0.500 e. The van der Waals surface area contributed by atoms with E-state index in [-0.39, 0.29) is 0 Å². The molecular weight excluding hydrogens is 378 g/mol. The van der Waals surface area contributed by atoms with E-state index in [9.17, 15) is 0 Å². The maximum absolute atomic E-state index is 6.15. The van der Waals surface area contributed by atoms with Crippen molar-refractivity contribution in [3.05, 3.63) is 0 Å². The van der Waals surface area contributed by atoms with Gasteiger partial charge in [-0.15, -0.1) is 0 Å². The first kappa shape index (κ1) is 25.2. The number of hydrogen-bond acceptors (Lipinski definition) is 6.